The van der Waals surface area contributed by atoms with Crippen molar-refractivity contribution in [2.45, 2.75) is 12.8 Å². The monoisotopic (exact) mass is 359 g/mol. The topological polar surface area (TPSA) is 67.0 Å². The van der Waals surface area contributed by atoms with Crippen LogP contribution in [0.3, 0.4) is 0 Å². The van der Waals surface area contributed by atoms with Gasteiger partial charge in [-0.2, -0.15) is 0 Å². The highest BCUT2D eigenvalue weighted by atomic mass is 16.5. The van der Waals surface area contributed by atoms with Crippen molar-refractivity contribution in [3.8, 4) is 5.75 Å². The molecule has 2 heterocycles. The minimum atomic E-state index is 0.00640. The van der Waals surface area contributed by atoms with Gasteiger partial charge in [-0.15, -0.1) is 0 Å². The Hall–Kier alpha value is -3.34. The van der Waals surface area contributed by atoms with Crippen LogP contribution in [0.1, 0.15) is 11.1 Å². The Morgan fingerprint density at radius 1 is 1.15 bits per heavy atom. The van der Waals surface area contributed by atoms with Gasteiger partial charge in [-0.1, -0.05) is 24.3 Å². The summed E-state index contributed by atoms with van der Waals surface area (Å²) < 4.78 is 5.28. The average molecular weight is 359 g/mol. The first kappa shape index (κ1) is 17.1. The molecular formula is C22H21N3O2. The van der Waals surface area contributed by atoms with E-state index in [9.17, 15) is 4.79 Å². The number of H-pyrrole nitrogens is 1. The quantitative estimate of drug-likeness (QED) is 0.552. The molecule has 0 unspecified atom stereocenters. The minimum absolute atomic E-state index is 0.00640. The molecule has 5 nitrogen and oxygen atoms in total. The van der Waals surface area contributed by atoms with Gasteiger partial charge in [0.05, 0.1) is 19.0 Å². The van der Waals surface area contributed by atoms with Gasteiger partial charge < -0.3 is 15.0 Å². The number of aromatic nitrogens is 2. The molecule has 1 amide bonds. The summed E-state index contributed by atoms with van der Waals surface area (Å²) in [4.78, 5) is 20.1. The van der Waals surface area contributed by atoms with Crippen LogP contribution in [0.4, 0.5) is 0 Å². The van der Waals surface area contributed by atoms with Gasteiger partial charge in [0.2, 0.25) is 5.91 Å². The number of para-hydroxylation sites is 1. The summed E-state index contributed by atoms with van der Waals surface area (Å²) >= 11 is 0. The molecule has 0 atom stereocenters. The summed E-state index contributed by atoms with van der Waals surface area (Å²) in [5.74, 6) is 0.791. The maximum Gasteiger partial charge on any atom is 0.224 e. The van der Waals surface area contributed by atoms with Crippen LogP contribution in [0.25, 0.3) is 21.8 Å². The second-order valence-corrected chi connectivity index (χ2v) is 6.49. The molecule has 27 heavy (non-hydrogen) atoms. The first-order valence-electron chi connectivity index (χ1n) is 8.98. The van der Waals surface area contributed by atoms with Crippen molar-refractivity contribution in [3.05, 3.63) is 72.1 Å². The predicted octanol–water partition coefficient (Wildman–Crippen LogP) is 3.63. The number of carbonyl (C=O) groups excluding carboxylic acids is 1. The van der Waals surface area contributed by atoms with E-state index in [0.29, 0.717) is 13.0 Å². The lowest BCUT2D eigenvalue weighted by Gasteiger charge is -2.07. The summed E-state index contributed by atoms with van der Waals surface area (Å²) in [5.41, 5.74) is 4.11. The van der Waals surface area contributed by atoms with E-state index in [1.54, 1.807) is 13.3 Å². The molecule has 0 saturated carbocycles. The van der Waals surface area contributed by atoms with E-state index in [2.05, 4.69) is 33.5 Å². The second-order valence-electron chi connectivity index (χ2n) is 6.49. The van der Waals surface area contributed by atoms with Crippen molar-refractivity contribution < 1.29 is 9.53 Å². The van der Waals surface area contributed by atoms with Gasteiger partial charge in [-0.25, -0.2) is 0 Å². The third kappa shape index (κ3) is 3.62. The van der Waals surface area contributed by atoms with Gasteiger partial charge in [-0.3, -0.25) is 9.78 Å². The molecule has 0 saturated heterocycles. The Kier molecular flexibility index (Phi) is 4.75. The van der Waals surface area contributed by atoms with Crippen LogP contribution in [-0.2, 0) is 17.6 Å². The zero-order valence-electron chi connectivity index (χ0n) is 15.2. The van der Waals surface area contributed by atoms with E-state index in [0.717, 1.165) is 45.1 Å². The molecule has 2 aromatic carbocycles. The van der Waals surface area contributed by atoms with E-state index in [1.807, 2.05) is 36.5 Å². The van der Waals surface area contributed by atoms with Gasteiger partial charge in [0.1, 0.15) is 5.75 Å². The Bertz CT molecular complexity index is 1100. The molecule has 136 valence electrons. The summed E-state index contributed by atoms with van der Waals surface area (Å²) in [6, 6.07) is 15.9. The van der Waals surface area contributed by atoms with Crippen molar-refractivity contribution in [1.29, 1.82) is 0 Å². The van der Waals surface area contributed by atoms with E-state index >= 15 is 0 Å². The number of rotatable bonds is 6. The van der Waals surface area contributed by atoms with Crippen LogP contribution in [0.2, 0.25) is 0 Å². The number of fused-ring (bicyclic) bond motifs is 2. The number of nitrogens with one attached hydrogen (secondary N) is 2. The summed E-state index contributed by atoms with van der Waals surface area (Å²) in [6.07, 6.45) is 4.77. The second kappa shape index (κ2) is 7.50. The SMILES string of the molecule is COc1ccc2[nH]cc(CC(=O)NCCc3cccc4cccnc34)c2c1. The fraction of sp³-hybridized carbons (Fsp3) is 0.182. The Balaban J connectivity index is 1.40. The van der Waals surface area contributed by atoms with Crippen LogP contribution in [0.5, 0.6) is 5.75 Å². The molecule has 4 rings (SSSR count). The van der Waals surface area contributed by atoms with E-state index < -0.39 is 0 Å². The summed E-state index contributed by atoms with van der Waals surface area (Å²) in [7, 11) is 1.64. The number of aromatic amines is 1. The standard InChI is InChI=1S/C22H21N3O2/c1-27-18-7-8-20-19(13-18)17(14-25-20)12-21(26)23-11-9-16-5-2-4-15-6-3-10-24-22(15)16/h2-8,10,13-14,25H,9,11-12H2,1H3,(H,23,26). The number of hydrogen-bond acceptors (Lipinski definition) is 3. The third-order valence-corrected chi connectivity index (χ3v) is 4.76. The zero-order chi connectivity index (χ0) is 18.6. The van der Waals surface area contributed by atoms with E-state index in [4.69, 9.17) is 4.74 Å². The zero-order valence-corrected chi connectivity index (χ0v) is 15.2. The smallest absolute Gasteiger partial charge is 0.224 e. The molecule has 0 spiro atoms. The minimum Gasteiger partial charge on any atom is -0.497 e. The molecule has 4 aromatic rings. The fourth-order valence-corrected chi connectivity index (χ4v) is 3.37. The highest BCUT2D eigenvalue weighted by molar-refractivity contribution is 5.89. The van der Waals surface area contributed by atoms with Crippen molar-refractivity contribution in [2.24, 2.45) is 0 Å². The number of methoxy groups -OCH3 is 1. The third-order valence-electron chi connectivity index (χ3n) is 4.76. The van der Waals surface area contributed by atoms with Gasteiger partial charge >= 0.3 is 0 Å². The number of ether oxygens (including phenoxy) is 1. The first-order chi connectivity index (χ1) is 13.2. The average Bonchev–Trinajstić information content (AvgIpc) is 3.10. The van der Waals surface area contributed by atoms with Gasteiger partial charge in [0.15, 0.2) is 0 Å². The number of nitrogens with zero attached hydrogens (tertiary/aromatic N) is 1. The van der Waals surface area contributed by atoms with Crippen molar-refractivity contribution in [2.75, 3.05) is 13.7 Å². The summed E-state index contributed by atoms with van der Waals surface area (Å²) in [6.45, 7) is 0.584. The molecule has 0 radical (unpaired) electrons. The highest BCUT2D eigenvalue weighted by Gasteiger charge is 2.10. The molecule has 0 bridgehead atoms. The molecule has 0 aliphatic carbocycles. The summed E-state index contributed by atoms with van der Waals surface area (Å²) in [5, 5.41) is 5.15. The van der Waals surface area contributed by atoms with Crippen LogP contribution >= 0.6 is 0 Å². The lowest BCUT2D eigenvalue weighted by molar-refractivity contribution is -0.120. The van der Waals surface area contributed by atoms with Gasteiger partial charge in [0, 0.05) is 35.2 Å². The predicted molar refractivity (Wildman–Crippen MR) is 107 cm³/mol. The normalized spacial score (nSPS) is 11.0. The van der Waals surface area contributed by atoms with Crippen molar-refractivity contribution in [1.82, 2.24) is 15.3 Å². The van der Waals surface area contributed by atoms with E-state index in [1.165, 1.54) is 0 Å². The van der Waals surface area contributed by atoms with Crippen molar-refractivity contribution in [3.63, 3.8) is 0 Å². The number of carbonyl (C=O) groups is 1. The molecular weight excluding hydrogens is 338 g/mol. The molecule has 2 aromatic heterocycles. The molecule has 2 N–H and O–H groups in total. The molecule has 0 aliphatic rings. The maximum absolute atomic E-state index is 12.4. The number of hydrogen-bond donors (Lipinski definition) is 2. The number of benzene rings is 2. The largest absolute Gasteiger partial charge is 0.497 e. The van der Waals surface area contributed by atoms with Crippen LogP contribution in [0.15, 0.2) is 60.9 Å². The highest BCUT2D eigenvalue weighted by Crippen LogP contribution is 2.24. The van der Waals surface area contributed by atoms with Gasteiger partial charge in [-0.05, 0) is 41.8 Å². The Morgan fingerprint density at radius 3 is 2.93 bits per heavy atom. The van der Waals surface area contributed by atoms with E-state index in [-0.39, 0.29) is 5.91 Å². The van der Waals surface area contributed by atoms with Crippen molar-refractivity contribution >= 4 is 27.7 Å². The van der Waals surface area contributed by atoms with Crippen LogP contribution in [0, 0.1) is 0 Å². The molecule has 0 fully saturated rings. The lowest BCUT2D eigenvalue weighted by Crippen LogP contribution is -2.27. The van der Waals surface area contributed by atoms with Crippen LogP contribution in [-0.4, -0.2) is 29.5 Å². The maximum atomic E-state index is 12.4. The Labute approximate surface area is 157 Å². The van der Waals surface area contributed by atoms with Gasteiger partial charge in [0.25, 0.3) is 0 Å². The number of amides is 1. The van der Waals surface area contributed by atoms with Crippen LogP contribution < -0.4 is 10.1 Å². The lowest BCUT2D eigenvalue weighted by atomic mass is 10.1. The Morgan fingerprint density at radius 2 is 2.04 bits per heavy atom. The number of pyridine rings is 1. The fourth-order valence-electron chi connectivity index (χ4n) is 3.37. The molecule has 0 aliphatic heterocycles. The first-order valence-corrected chi connectivity index (χ1v) is 8.98. The molecule has 5 heteroatoms.